The Morgan fingerprint density at radius 3 is 2.84 bits per heavy atom. The van der Waals surface area contributed by atoms with E-state index in [1.807, 2.05) is 6.07 Å². The molecule has 1 heterocycles. The molecule has 5 nitrogen and oxygen atoms in total. The average Bonchev–Trinajstić information content (AvgIpc) is 2.62. The number of anilines is 1. The van der Waals surface area contributed by atoms with Gasteiger partial charge in [-0.2, -0.15) is 0 Å². The molecule has 0 spiro atoms. The van der Waals surface area contributed by atoms with Crippen LogP contribution in [0.4, 0.5) is 5.69 Å². The van der Waals surface area contributed by atoms with Gasteiger partial charge < -0.3 is 14.5 Å². The number of nitrogens with one attached hydrogen (secondary N) is 1. The van der Waals surface area contributed by atoms with Gasteiger partial charge in [0.2, 0.25) is 0 Å². The molecule has 1 N–H and O–H groups in total. The first-order chi connectivity index (χ1) is 12.2. The Hall–Kier alpha value is -3.08. The van der Waals surface area contributed by atoms with Gasteiger partial charge in [0.05, 0.1) is 6.61 Å². The smallest absolute Gasteiger partial charge is 0.336 e. The van der Waals surface area contributed by atoms with Crippen molar-refractivity contribution in [2.45, 2.75) is 19.8 Å². The summed E-state index contributed by atoms with van der Waals surface area (Å²) in [6.45, 7) is 2.74. The van der Waals surface area contributed by atoms with E-state index in [9.17, 15) is 9.59 Å². The van der Waals surface area contributed by atoms with Crippen LogP contribution in [0.15, 0.2) is 63.8 Å². The van der Waals surface area contributed by atoms with Gasteiger partial charge in [0.15, 0.2) is 0 Å². The second-order valence-corrected chi connectivity index (χ2v) is 5.69. The predicted molar refractivity (Wildman–Crippen MR) is 97.3 cm³/mol. The van der Waals surface area contributed by atoms with Crippen LogP contribution < -0.4 is 15.7 Å². The number of carbonyl (C=O) groups is 1. The fraction of sp³-hybridized carbons (Fsp3) is 0.200. The van der Waals surface area contributed by atoms with E-state index < -0.39 is 5.63 Å². The van der Waals surface area contributed by atoms with Crippen molar-refractivity contribution in [3.8, 4) is 5.75 Å². The molecule has 2 aromatic carbocycles. The zero-order chi connectivity index (χ0) is 17.6. The standard InChI is InChI=1S/C20H19NO4/c1-2-3-11-24-17-6-4-5-15(13-17)20(23)21-16-8-9-18-14(12-16)7-10-19(22)25-18/h4-10,12-13H,2-3,11H2,1H3,(H,21,23). The van der Waals surface area contributed by atoms with Gasteiger partial charge in [-0.1, -0.05) is 19.4 Å². The molecule has 0 radical (unpaired) electrons. The molecule has 0 bridgehead atoms. The van der Waals surface area contributed by atoms with Crippen LogP contribution in [0.25, 0.3) is 11.0 Å². The highest BCUT2D eigenvalue weighted by Gasteiger charge is 2.08. The number of hydrogen-bond acceptors (Lipinski definition) is 4. The normalized spacial score (nSPS) is 10.6. The zero-order valence-electron chi connectivity index (χ0n) is 14.0. The van der Waals surface area contributed by atoms with Crippen molar-refractivity contribution in [3.63, 3.8) is 0 Å². The molecule has 25 heavy (non-hydrogen) atoms. The molecule has 1 aromatic heterocycles. The molecule has 128 valence electrons. The van der Waals surface area contributed by atoms with Crippen LogP contribution in [0.5, 0.6) is 5.75 Å². The number of rotatable bonds is 6. The maximum atomic E-state index is 12.4. The van der Waals surface area contributed by atoms with Crippen molar-refractivity contribution in [3.05, 3.63) is 70.6 Å². The van der Waals surface area contributed by atoms with Crippen LogP contribution in [0.1, 0.15) is 30.1 Å². The molecular weight excluding hydrogens is 318 g/mol. The number of carbonyl (C=O) groups excluding carboxylic acids is 1. The third-order valence-electron chi connectivity index (χ3n) is 3.74. The van der Waals surface area contributed by atoms with E-state index in [-0.39, 0.29) is 5.91 Å². The van der Waals surface area contributed by atoms with E-state index in [1.54, 1.807) is 42.5 Å². The number of amides is 1. The summed E-state index contributed by atoms with van der Waals surface area (Å²) in [5.41, 5.74) is 1.23. The van der Waals surface area contributed by atoms with E-state index >= 15 is 0 Å². The van der Waals surface area contributed by atoms with Crippen molar-refractivity contribution in [2.75, 3.05) is 11.9 Å². The summed E-state index contributed by atoms with van der Waals surface area (Å²) in [5.74, 6) is 0.457. The Morgan fingerprint density at radius 1 is 1.12 bits per heavy atom. The largest absolute Gasteiger partial charge is 0.494 e. The quantitative estimate of drug-likeness (QED) is 0.540. The minimum Gasteiger partial charge on any atom is -0.494 e. The maximum absolute atomic E-state index is 12.4. The molecule has 0 aliphatic carbocycles. The summed E-state index contributed by atoms with van der Waals surface area (Å²) in [5, 5.41) is 3.59. The monoisotopic (exact) mass is 337 g/mol. The highest BCUT2D eigenvalue weighted by molar-refractivity contribution is 6.05. The molecule has 0 fully saturated rings. The van der Waals surface area contributed by atoms with Gasteiger partial charge in [-0.05, 0) is 48.9 Å². The molecule has 0 saturated heterocycles. The van der Waals surface area contributed by atoms with Crippen LogP contribution in [-0.4, -0.2) is 12.5 Å². The van der Waals surface area contributed by atoms with Crippen molar-refractivity contribution in [1.82, 2.24) is 0 Å². The van der Waals surface area contributed by atoms with Crippen molar-refractivity contribution in [2.24, 2.45) is 0 Å². The lowest BCUT2D eigenvalue weighted by molar-refractivity contribution is 0.102. The minimum atomic E-state index is -0.399. The van der Waals surface area contributed by atoms with Crippen LogP contribution in [0.3, 0.4) is 0 Å². The molecular formula is C20H19NO4. The first kappa shape index (κ1) is 16.8. The fourth-order valence-corrected chi connectivity index (χ4v) is 2.41. The second-order valence-electron chi connectivity index (χ2n) is 5.69. The van der Waals surface area contributed by atoms with Crippen LogP contribution in [0.2, 0.25) is 0 Å². The van der Waals surface area contributed by atoms with Gasteiger partial charge in [0.25, 0.3) is 5.91 Å². The number of fused-ring (bicyclic) bond motifs is 1. The van der Waals surface area contributed by atoms with Crippen molar-refractivity contribution >= 4 is 22.6 Å². The van der Waals surface area contributed by atoms with Crippen LogP contribution in [-0.2, 0) is 0 Å². The lowest BCUT2D eigenvalue weighted by Crippen LogP contribution is -2.12. The maximum Gasteiger partial charge on any atom is 0.336 e. The molecule has 0 saturated carbocycles. The van der Waals surface area contributed by atoms with Gasteiger partial charge in [-0.3, -0.25) is 4.79 Å². The summed E-state index contributed by atoms with van der Waals surface area (Å²) < 4.78 is 10.7. The Kier molecular flexibility index (Phi) is 5.14. The summed E-state index contributed by atoms with van der Waals surface area (Å²) in [6.07, 6.45) is 2.03. The zero-order valence-corrected chi connectivity index (χ0v) is 14.0. The Balaban J connectivity index is 1.74. The molecule has 0 unspecified atom stereocenters. The Labute approximate surface area is 145 Å². The van der Waals surface area contributed by atoms with Crippen LogP contribution >= 0.6 is 0 Å². The summed E-state index contributed by atoms with van der Waals surface area (Å²) >= 11 is 0. The molecule has 0 aliphatic heterocycles. The molecule has 0 aliphatic rings. The predicted octanol–water partition coefficient (Wildman–Crippen LogP) is 4.22. The first-order valence-corrected chi connectivity index (χ1v) is 8.24. The van der Waals surface area contributed by atoms with Crippen LogP contribution in [0, 0.1) is 0 Å². The summed E-state index contributed by atoms with van der Waals surface area (Å²) in [6, 6.07) is 15.2. The molecule has 0 atom stereocenters. The summed E-state index contributed by atoms with van der Waals surface area (Å²) in [7, 11) is 0. The number of benzene rings is 2. The lowest BCUT2D eigenvalue weighted by Gasteiger charge is -2.09. The third kappa shape index (κ3) is 4.26. The number of ether oxygens (including phenoxy) is 1. The van der Waals surface area contributed by atoms with Gasteiger partial charge >= 0.3 is 5.63 Å². The second kappa shape index (κ2) is 7.66. The van der Waals surface area contributed by atoms with Gasteiger partial charge in [0.1, 0.15) is 11.3 Å². The lowest BCUT2D eigenvalue weighted by atomic mass is 10.1. The highest BCUT2D eigenvalue weighted by atomic mass is 16.5. The van der Waals surface area contributed by atoms with E-state index in [4.69, 9.17) is 9.15 Å². The molecule has 5 heteroatoms. The highest BCUT2D eigenvalue weighted by Crippen LogP contribution is 2.19. The van der Waals surface area contributed by atoms with E-state index in [1.165, 1.54) is 6.07 Å². The molecule has 3 rings (SSSR count). The molecule has 3 aromatic rings. The van der Waals surface area contributed by atoms with Crippen molar-refractivity contribution < 1.29 is 13.9 Å². The summed E-state index contributed by atoms with van der Waals surface area (Å²) in [4.78, 5) is 23.7. The van der Waals surface area contributed by atoms with Gasteiger partial charge in [-0.25, -0.2) is 4.79 Å². The Bertz CT molecular complexity index is 946. The fourth-order valence-electron chi connectivity index (χ4n) is 2.41. The van der Waals surface area contributed by atoms with E-state index in [0.29, 0.717) is 29.2 Å². The van der Waals surface area contributed by atoms with E-state index in [0.717, 1.165) is 18.2 Å². The van der Waals surface area contributed by atoms with Gasteiger partial charge in [0, 0.05) is 22.7 Å². The average molecular weight is 337 g/mol. The topological polar surface area (TPSA) is 68.5 Å². The number of hydrogen-bond donors (Lipinski definition) is 1. The third-order valence-corrected chi connectivity index (χ3v) is 3.74. The minimum absolute atomic E-state index is 0.224. The van der Waals surface area contributed by atoms with Gasteiger partial charge in [-0.15, -0.1) is 0 Å². The number of unbranched alkanes of at least 4 members (excludes halogenated alkanes) is 1. The first-order valence-electron chi connectivity index (χ1n) is 8.24. The van der Waals surface area contributed by atoms with Crippen molar-refractivity contribution in [1.29, 1.82) is 0 Å². The molecule has 1 amide bonds. The van der Waals surface area contributed by atoms with E-state index in [2.05, 4.69) is 12.2 Å². The SMILES string of the molecule is CCCCOc1cccc(C(=O)Nc2ccc3oc(=O)ccc3c2)c1. The Morgan fingerprint density at radius 2 is 2.00 bits per heavy atom.